The minimum absolute atomic E-state index is 0. The summed E-state index contributed by atoms with van der Waals surface area (Å²) < 4.78 is 0. The highest BCUT2D eigenvalue weighted by Gasteiger charge is 2.23. The van der Waals surface area contributed by atoms with Crippen LogP contribution in [0.15, 0.2) is 29.3 Å². The van der Waals surface area contributed by atoms with Gasteiger partial charge in [-0.1, -0.05) is 43.5 Å². The molecule has 2 fully saturated rings. The van der Waals surface area contributed by atoms with Crippen molar-refractivity contribution in [2.75, 3.05) is 26.7 Å². The standard InChI is InChI=1S/C22H36N4O.HI/c1-3-23-22(26-14-13-21(27)17-26)24-15-18-9-7-8-10-19(18)16-25(2)20-11-5-4-6-12-20;/h7-10,20-21,27H,3-6,11-17H2,1-2H3,(H,23,24);1H/t21-;/m1./s1. The molecule has 28 heavy (non-hydrogen) atoms. The lowest BCUT2D eigenvalue weighted by Crippen LogP contribution is -2.40. The number of guanidine groups is 1. The van der Waals surface area contributed by atoms with E-state index in [1.807, 2.05) is 0 Å². The quantitative estimate of drug-likeness (QED) is 0.356. The van der Waals surface area contributed by atoms with E-state index in [1.54, 1.807) is 0 Å². The Kier molecular flexibility index (Phi) is 10.0. The first kappa shape index (κ1) is 23.4. The average molecular weight is 500 g/mol. The smallest absolute Gasteiger partial charge is 0.194 e. The molecule has 1 saturated heterocycles. The average Bonchev–Trinajstić information content (AvgIpc) is 3.13. The normalized spacial score (nSPS) is 21.1. The molecule has 1 aromatic carbocycles. The van der Waals surface area contributed by atoms with Crippen molar-refractivity contribution >= 4 is 29.9 Å². The Hall–Kier alpha value is -0.860. The number of aliphatic imine (C=N–C) groups is 1. The van der Waals surface area contributed by atoms with Gasteiger partial charge in [-0.15, -0.1) is 24.0 Å². The van der Waals surface area contributed by atoms with Crippen LogP contribution >= 0.6 is 24.0 Å². The Morgan fingerprint density at radius 2 is 1.89 bits per heavy atom. The molecule has 6 heteroatoms. The van der Waals surface area contributed by atoms with E-state index in [0.717, 1.165) is 38.1 Å². The summed E-state index contributed by atoms with van der Waals surface area (Å²) in [5.41, 5.74) is 2.68. The Labute approximate surface area is 187 Å². The number of nitrogens with one attached hydrogen (secondary N) is 1. The van der Waals surface area contributed by atoms with Crippen molar-refractivity contribution in [1.29, 1.82) is 0 Å². The maximum atomic E-state index is 9.84. The van der Waals surface area contributed by atoms with Gasteiger partial charge in [0.2, 0.25) is 0 Å². The summed E-state index contributed by atoms with van der Waals surface area (Å²) >= 11 is 0. The largest absolute Gasteiger partial charge is 0.391 e. The predicted octanol–water partition coefficient (Wildman–Crippen LogP) is 3.60. The summed E-state index contributed by atoms with van der Waals surface area (Å²) in [7, 11) is 2.27. The molecule has 0 unspecified atom stereocenters. The molecule has 1 atom stereocenters. The molecule has 0 aromatic heterocycles. The number of halogens is 1. The van der Waals surface area contributed by atoms with Crippen molar-refractivity contribution in [3.8, 4) is 0 Å². The third kappa shape index (κ3) is 6.59. The summed E-state index contributed by atoms with van der Waals surface area (Å²) in [5, 5.41) is 13.2. The summed E-state index contributed by atoms with van der Waals surface area (Å²) in [6, 6.07) is 9.42. The van der Waals surface area contributed by atoms with E-state index in [0.29, 0.717) is 13.1 Å². The van der Waals surface area contributed by atoms with Crippen molar-refractivity contribution in [3.05, 3.63) is 35.4 Å². The predicted molar refractivity (Wildman–Crippen MR) is 127 cm³/mol. The van der Waals surface area contributed by atoms with Gasteiger partial charge in [0.25, 0.3) is 0 Å². The van der Waals surface area contributed by atoms with Crippen LogP contribution in [0.1, 0.15) is 56.6 Å². The number of β-amino-alcohol motifs (C(OH)–C–C–N with tert-alkyl or cyclic N) is 1. The monoisotopic (exact) mass is 500 g/mol. The lowest BCUT2D eigenvalue weighted by atomic mass is 9.94. The van der Waals surface area contributed by atoms with Crippen LogP contribution in [-0.2, 0) is 13.1 Å². The number of aliphatic hydroxyl groups is 1. The molecule has 1 aliphatic carbocycles. The SMILES string of the molecule is CCNC(=NCc1ccccc1CN(C)C1CCCCC1)N1CC[C@@H](O)C1.I. The summed E-state index contributed by atoms with van der Waals surface area (Å²) in [5.74, 6) is 0.921. The summed E-state index contributed by atoms with van der Waals surface area (Å²) in [4.78, 5) is 9.59. The van der Waals surface area contributed by atoms with Gasteiger partial charge in [-0.25, -0.2) is 4.99 Å². The van der Waals surface area contributed by atoms with E-state index in [1.165, 1.54) is 43.2 Å². The number of benzene rings is 1. The van der Waals surface area contributed by atoms with Gasteiger partial charge >= 0.3 is 0 Å². The van der Waals surface area contributed by atoms with Crippen LogP contribution in [0.4, 0.5) is 0 Å². The molecular weight excluding hydrogens is 463 g/mol. The molecule has 1 heterocycles. The molecule has 5 nitrogen and oxygen atoms in total. The Bertz CT molecular complexity index is 618. The molecule has 0 spiro atoms. The molecule has 2 N–H and O–H groups in total. The van der Waals surface area contributed by atoms with Crippen LogP contribution < -0.4 is 5.32 Å². The number of nitrogens with zero attached hydrogens (tertiary/aromatic N) is 3. The van der Waals surface area contributed by atoms with E-state index in [-0.39, 0.29) is 30.1 Å². The fraction of sp³-hybridized carbons (Fsp3) is 0.682. The van der Waals surface area contributed by atoms with Gasteiger partial charge in [0, 0.05) is 32.2 Å². The number of hydrogen-bond acceptors (Lipinski definition) is 3. The Balaban J connectivity index is 0.00000280. The molecule has 0 radical (unpaired) electrons. The van der Waals surface area contributed by atoms with E-state index in [4.69, 9.17) is 4.99 Å². The molecule has 0 bridgehead atoms. The van der Waals surface area contributed by atoms with Gasteiger partial charge in [-0.05, 0) is 44.4 Å². The van der Waals surface area contributed by atoms with Gasteiger partial charge in [-0.3, -0.25) is 4.90 Å². The molecule has 1 saturated carbocycles. The number of rotatable bonds is 6. The van der Waals surface area contributed by atoms with Crippen LogP contribution in [0.3, 0.4) is 0 Å². The molecular formula is C22H37IN4O. The zero-order valence-corrected chi connectivity index (χ0v) is 19.8. The van der Waals surface area contributed by atoms with Gasteiger partial charge in [0.05, 0.1) is 12.6 Å². The van der Waals surface area contributed by atoms with E-state index < -0.39 is 0 Å². The van der Waals surface area contributed by atoms with Crippen LogP contribution in [0, 0.1) is 0 Å². The molecule has 1 aromatic rings. The number of likely N-dealkylation sites (tertiary alicyclic amines) is 1. The molecule has 1 aliphatic heterocycles. The number of hydrogen-bond donors (Lipinski definition) is 2. The maximum Gasteiger partial charge on any atom is 0.194 e. The third-order valence-corrected chi connectivity index (χ3v) is 5.93. The first-order valence-corrected chi connectivity index (χ1v) is 10.7. The Morgan fingerprint density at radius 3 is 2.54 bits per heavy atom. The van der Waals surface area contributed by atoms with Crippen molar-refractivity contribution in [3.63, 3.8) is 0 Å². The zero-order valence-electron chi connectivity index (χ0n) is 17.4. The van der Waals surface area contributed by atoms with Crippen molar-refractivity contribution in [2.24, 2.45) is 4.99 Å². The van der Waals surface area contributed by atoms with Crippen LogP contribution in [0.5, 0.6) is 0 Å². The van der Waals surface area contributed by atoms with Gasteiger partial charge in [-0.2, -0.15) is 0 Å². The fourth-order valence-electron chi connectivity index (χ4n) is 4.31. The second-order valence-electron chi connectivity index (χ2n) is 8.03. The fourth-order valence-corrected chi connectivity index (χ4v) is 4.31. The minimum atomic E-state index is -0.231. The molecule has 3 rings (SSSR count). The minimum Gasteiger partial charge on any atom is -0.391 e. The highest BCUT2D eigenvalue weighted by Crippen LogP contribution is 2.24. The lowest BCUT2D eigenvalue weighted by Gasteiger charge is -2.31. The summed E-state index contributed by atoms with van der Waals surface area (Å²) in [6.45, 7) is 6.17. The molecule has 0 amide bonds. The van der Waals surface area contributed by atoms with E-state index in [2.05, 4.69) is 53.4 Å². The Morgan fingerprint density at radius 1 is 1.18 bits per heavy atom. The number of aliphatic hydroxyl groups excluding tert-OH is 1. The maximum absolute atomic E-state index is 9.84. The zero-order chi connectivity index (χ0) is 19.1. The van der Waals surface area contributed by atoms with Gasteiger partial charge in [0.1, 0.15) is 0 Å². The van der Waals surface area contributed by atoms with Crippen molar-refractivity contribution < 1.29 is 5.11 Å². The van der Waals surface area contributed by atoms with Gasteiger partial charge in [0.15, 0.2) is 5.96 Å². The highest BCUT2D eigenvalue weighted by atomic mass is 127. The van der Waals surface area contributed by atoms with Crippen LogP contribution in [0.2, 0.25) is 0 Å². The third-order valence-electron chi connectivity index (χ3n) is 5.93. The van der Waals surface area contributed by atoms with E-state index >= 15 is 0 Å². The topological polar surface area (TPSA) is 51.1 Å². The lowest BCUT2D eigenvalue weighted by molar-refractivity contribution is 0.184. The van der Waals surface area contributed by atoms with Crippen LogP contribution in [-0.4, -0.2) is 59.7 Å². The molecule has 2 aliphatic rings. The molecule has 158 valence electrons. The van der Waals surface area contributed by atoms with Gasteiger partial charge < -0.3 is 15.3 Å². The highest BCUT2D eigenvalue weighted by molar-refractivity contribution is 14.0. The van der Waals surface area contributed by atoms with Crippen molar-refractivity contribution in [1.82, 2.24) is 15.1 Å². The van der Waals surface area contributed by atoms with Crippen molar-refractivity contribution in [2.45, 2.75) is 70.7 Å². The second kappa shape index (κ2) is 12.0. The first-order valence-electron chi connectivity index (χ1n) is 10.7. The summed E-state index contributed by atoms with van der Waals surface area (Å²) in [6.07, 6.45) is 7.40. The van der Waals surface area contributed by atoms with Crippen LogP contribution in [0.25, 0.3) is 0 Å². The first-order chi connectivity index (χ1) is 13.2. The second-order valence-corrected chi connectivity index (χ2v) is 8.03. The van der Waals surface area contributed by atoms with E-state index in [9.17, 15) is 5.11 Å².